The summed E-state index contributed by atoms with van der Waals surface area (Å²) in [7, 11) is 1.30. The number of rotatable bonds is 6. The predicted molar refractivity (Wildman–Crippen MR) is 145 cm³/mol. The second kappa shape index (κ2) is 12.8. The molecule has 0 saturated heterocycles. The van der Waals surface area contributed by atoms with Crippen LogP contribution in [-0.2, 0) is 11.3 Å². The second-order valence-electron chi connectivity index (χ2n) is 8.35. The lowest BCUT2D eigenvalue weighted by Crippen LogP contribution is -2.28. The van der Waals surface area contributed by atoms with Crippen LogP contribution in [0.2, 0.25) is 0 Å². The molecule has 3 heterocycles. The average Bonchev–Trinajstić information content (AvgIpc) is 3.57. The fourth-order valence-corrected chi connectivity index (χ4v) is 3.68. The van der Waals surface area contributed by atoms with Crippen LogP contribution in [0.15, 0.2) is 59.3 Å². The Kier molecular flexibility index (Phi) is 9.48. The number of hydrogen-bond acceptors (Lipinski definition) is 10. The Hall–Kier alpha value is -4.88. The lowest BCUT2D eigenvalue weighted by molar-refractivity contribution is 0.0599. The molecular weight excluding hydrogens is 542 g/mol. The van der Waals surface area contributed by atoms with Crippen LogP contribution in [0.1, 0.15) is 61.3 Å². The number of nitrogens with one attached hydrogen (secondary N) is 1. The largest absolute Gasteiger partial charge is 0.477 e. The first-order chi connectivity index (χ1) is 18.7. The van der Waals surface area contributed by atoms with E-state index in [1.54, 1.807) is 31.2 Å². The van der Waals surface area contributed by atoms with Gasteiger partial charge in [0.1, 0.15) is 17.5 Å². The summed E-state index contributed by atoms with van der Waals surface area (Å²) in [6.07, 6.45) is 1.15. The number of benzene rings is 2. The zero-order valence-electron chi connectivity index (χ0n) is 21.7. The highest BCUT2D eigenvalue weighted by atomic mass is 35.5. The molecule has 0 radical (unpaired) electrons. The summed E-state index contributed by atoms with van der Waals surface area (Å²) in [6, 6.07) is 13.1. The Labute approximate surface area is 233 Å². The van der Waals surface area contributed by atoms with Gasteiger partial charge in [0, 0.05) is 19.5 Å². The molecule has 14 heteroatoms. The standard InChI is InChI=1S/C17H15N5O5.C9H10N2O.ClH/c1-9(10-3-5-11(6-4-10)16(26)27-2)20-14(23)12-7-13(15(24)25)22-17(21-12)18-8-19-22;1-6-11-8-4-7(5-10)2-3-9(8)12-6;/h3-9H,1-2H3,(H,20,23)(H,24,25);2-4H,5,10H2,1H3;1H/t9-;;/m0../s1. The molecule has 208 valence electrons. The van der Waals surface area contributed by atoms with Crippen LogP contribution in [0.25, 0.3) is 16.9 Å². The summed E-state index contributed by atoms with van der Waals surface area (Å²) in [5.41, 5.74) is 9.10. The number of nitrogens with two attached hydrogens (primary N) is 1. The number of aromatic carboxylic acids is 1. The van der Waals surface area contributed by atoms with E-state index in [0.29, 0.717) is 18.0 Å². The van der Waals surface area contributed by atoms with Crippen LogP contribution in [-0.4, -0.2) is 54.6 Å². The molecule has 40 heavy (non-hydrogen) atoms. The van der Waals surface area contributed by atoms with E-state index in [9.17, 15) is 19.5 Å². The van der Waals surface area contributed by atoms with Gasteiger partial charge in [-0.1, -0.05) is 18.2 Å². The smallest absolute Gasteiger partial charge is 0.354 e. The molecule has 5 aromatic rings. The molecule has 2 aromatic carbocycles. The van der Waals surface area contributed by atoms with Gasteiger partial charge in [-0.15, -0.1) is 12.4 Å². The molecule has 0 unspecified atom stereocenters. The van der Waals surface area contributed by atoms with E-state index in [-0.39, 0.29) is 29.6 Å². The molecule has 3 aromatic heterocycles. The monoisotopic (exact) mass is 567 g/mol. The molecule has 4 N–H and O–H groups in total. The van der Waals surface area contributed by atoms with Crippen molar-refractivity contribution in [2.75, 3.05) is 7.11 Å². The number of carboxylic acid groups (broad SMARTS) is 1. The Morgan fingerprint density at radius 1 is 1.12 bits per heavy atom. The number of amides is 1. The number of fused-ring (bicyclic) bond motifs is 2. The molecule has 0 aliphatic carbocycles. The van der Waals surface area contributed by atoms with Crippen LogP contribution in [0.4, 0.5) is 0 Å². The van der Waals surface area contributed by atoms with Crippen molar-refractivity contribution in [2.24, 2.45) is 5.73 Å². The van der Waals surface area contributed by atoms with Gasteiger partial charge < -0.3 is 25.3 Å². The van der Waals surface area contributed by atoms with Crippen LogP contribution in [0, 0.1) is 6.92 Å². The van der Waals surface area contributed by atoms with E-state index in [0.717, 1.165) is 39.1 Å². The highest BCUT2D eigenvalue weighted by Crippen LogP contribution is 2.17. The number of aromatic nitrogens is 5. The van der Waals surface area contributed by atoms with Gasteiger partial charge in [0.15, 0.2) is 17.2 Å². The summed E-state index contributed by atoms with van der Waals surface area (Å²) < 4.78 is 11.0. The number of carboxylic acids is 1. The molecular formula is C26H26ClN7O6. The molecule has 0 aliphatic heterocycles. The van der Waals surface area contributed by atoms with Crippen LogP contribution >= 0.6 is 12.4 Å². The summed E-state index contributed by atoms with van der Waals surface area (Å²) >= 11 is 0. The summed E-state index contributed by atoms with van der Waals surface area (Å²) in [4.78, 5) is 47.4. The molecule has 0 aliphatic rings. The van der Waals surface area contributed by atoms with Crippen LogP contribution in [0.5, 0.6) is 0 Å². The second-order valence-corrected chi connectivity index (χ2v) is 8.35. The highest BCUT2D eigenvalue weighted by Gasteiger charge is 2.19. The minimum Gasteiger partial charge on any atom is -0.477 e. The third-order valence-corrected chi connectivity index (χ3v) is 5.68. The summed E-state index contributed by atoms with van der Waals surface area (Å²) in [5, 5.41) is 15.8. The maximum Gasteiger partial charge on any atom is 0.354 e. The number of carbonyl (C=O) groups is 3. The third-order valence-electron chi connectivity index (χ3n) is 5.68. The van der Waals surface area contributed by atoms with E-state index in [4.69, 9.17) is 10.2 Å². The SMILES string of the molecule is COC(=O)c1ccc([C@H](C)NC(=O)c2cc(C(=O)O)n3ncnc3n2)cc1.Cc1nc2cc(CN)ccc2o1.Cl. The van der Waals surface area contributed by atoms with Crippen molar-refractivity contribution in [2.45, 2.75) is 26.4 Å². The normalized spacial score (nSPS) is 11.2. The molecule has 0 bridgehead atoms. The topological polar surface area (TPSA) is 188 Å². The number of carbonyl (C=O) groups excluding carboxylic acids is 2. The number of oxazole rings is 1. The fourth-order valence-electron chi connectivity index (χ4n) is 3.68. The van der Waals surface area contributed by atoms with Gasteiger partial charge in [-0.25, -0.2) is 19.6 Å². The Balaban J connectivity index is 0.000000283. The van der Waals surface area contributed by atoms with E-state index >= 15 is 0 Å². The van der Waals surface area contributed by atoms with E-state index in [1.165, 1.54) is 7.11 Å². The summed E-state index contributed by atoms with van der Waals surface area (Å²) in [6.45, 7) is 4.13. The number of aryl methyl sites for hydroxylation is 1. The Morgan fingerprint density at radius 2 is 1.85 bits per heavy atom. The number of ether oxygens (including phenoxy) is 1. The van der Waals surface area contributed by atoms with Crippen molar-refractivity contribution in [3.05, 3.63) is 88.8 Å². The van der Waals surface area contributed by atoms with E-state index in [2.05, 4.69) is 30.1 Å². The Bertz CT molecular complexity index is 1670. The Morgan fingerprint density at radius 3 is 2.50 bits per heavy atom. The van der Waals surface area contributed by atoms with E-state index < -0.39 is 23.9 Å². The lowest BCUT2D eigenvalue weighted by Gasteiger charge is -2.14. The molecule has 5 rings (SSSR count). The minimum atomic E-state index is -1.26. The predicted octanol–water partition coefficient (Wildman–Crippen LogP) is 3.12. The van der Waals surface area contributed by atoms with Gasteiger partial charge in [0.2, 0.25) is 0 Å². The lowest BCUT2D eigenvalue weighted by atomic mass is 10.1. The number of halogens is 1. The molecule has 0 saturated carbocycles. The van der Waals surface area contributed by atoms with Gasteiger partial charge in [-0.05, 0) is 42.3 Å². The molecule has 0 fully saturated rings. The van der Waals surface area contributed by atoms with Crippen molar-refractivity contribution in [1.82, 2.24) is 29.9 Å². The first-order valence-electron chi connectivity index (χ1n) is 11.7. The van der Waals surface area contributed by atoms with Gasteiger partial charge in [-0.2, -0.15) is 14.6 Å². The van der Waals surface area contributed by atoms with Crippen molar-refractivity contribution in [3.8, 4) is 0 Å². The maximum atomic E-state index is 12.5. The number of hydrogen-bond donors (Lipinski definition) is 3. The third kappa shape index (κ3) is 6.57. The fraction of sp³-hybridized carbons (Fsp3) is 0.192. The summed E-state index contributed by atoms with van der Waals surface area (Å²) in [5.74, 6) is -1.57. The first-order valence-corrected chi connectivity index (χ1v) is 11.7. The van der Waals surface area contributed by atoms with Crippen molar-refractivity contribution in [3.63, 3.8) is 0 Å². The van der Waals surface area contributed by atoms with Gasteiger partial charge in [0.25, 0.3) is 11.7 Å². The molecule has 1 atom stereocenters. The first kappa shape index (κ1) is 29.7. The van der Waals surface area contributed by atoms with Crippen LogP contribution in [0.3, 0.4) is 0 Å². The molecule has 1 amide bonds. The van der Waals surface area contributed by atoms with Crippen molar-refractivity contribution < 1.29 is 28.6 Å². The number of esters is 1. The van der Waals surface area contributed by atoms with Crippen molar-refractivity contribution >= 4 is 47.1 Å². The zero-order chi connectivity index (χ0) is 28.1. The van der Waals surface area contributed by atoms with Crippen LogP contribution < -0.4 is 11.1 Å². The molecule has 13 nitrogen and oxygen atoms in total. The zero-order valence-corrected chi connectivity index (χ0v) is 22.5. The maximum absolute atomic E-state index is 12.5. The van der Waals surface area contributed by atoms with Gasteiger partial charge in [-0.3, -0.25) is 4.79 Å². The molecule has 0 spiro atoms. The minimum absolute atomic E-state index is 0. The van der Waals surface area contributed by atoms with E-state index in [1.807, 2.05) is 25.1 Å². The quantitative estimate of drug-likeness (QED) is 0.256. The van der Waals surface area contributed by atoms with Crippen molar-refractivity contribution in [1.29, 1.82) is 0 Å². The number of methoxy groups -OCH3 is 1. The van der Waals surface area contributed by atoms with Gasteiger partial charge >= 0.3 is 11.9 Å². The average molecular weight is 568 g/mol. The number of nitrogens with zero attached hydrogens (tertiary/aromatic N) is 5. The van der Waals surface area contributed by atoms with Gasteiger partial charge in [0.05, 0.1) is 18.7 Å². The highest BCUT2D eigenvalue weighted by molar-refractivity contribution is 5.96.